The van der Waals surface area contributed by atoms with Gasteiger partial charge in [-0.25, -0.2) is 9.97 Å². The van der Waals surface area contributed by atoms with E-state index in [4.69, 9.17) is 4.74 Å². The number of nitrogens with one attached hydrogen (secondary N) is 1. The summed E-state index contributed by atoms with van der Waals surface area (Å²) in [4.78, 5) is 20.7. The van der Waals surface area contributed by atoms with Crippen LogP contribution < -0.4 is 10.1 Å². The van der Waals surface area contributed by atoms with E-state index in [1.807, 2.05) is 20.9 Å². The number of hydrogen-bond donors (Lipinski definition) is 1. The number of carbonyl (C=O) groups is 1. The van der Waals surface area contributed by atoms with Crippen LogP contribution >= 0.6 is 0 Å². The zero-order chi connectivity index (χ0) is 17.1. The fourth-order valence-corrected chi connectivity index (χ4v) is 3.18. The largest absolute Gasteiger partial charge is 0.460 e. The van der Waals surface area contributed by atoms with E-state index >= 15 is 0 Å². The summed E-state index contributed by atoms with van der Waals surface area (Å²) in [7, 11) is 1.85. The van der Waals surface area contributed by atoms with Crippen LogP contribution in [0.5, 0.6) is 6.01 Å². The highest BCUT2D eigenvalue weighted by molar-refractivity contribution is 5.96. The van der Waals surface area contributed by atoms with Crippen LogP contribution in [-0.4, -0.2) is 37.8 Å². The first kappa shape index (κ1) is 16.4. The fraction of sp³-hybridized carbons (Fsp3) is 0.529. The van der Waals surface area contributed by atoms with Gasteiger partial charge in [0.1, 0.15) is 6.10 Å². The first-order valence-corrected chi connectivity index (χ1v) is 8.29. The molecule has 0 spiro atoms. The summed E-state index contributed by atoms with van der Waals surface area (Å²) < 4.78 is 7.53. The second-order valence-corrected chi connectivity index (χ2v) is 6.27. The van der Waals surface area contributed by atoms with Crippen molar-refractivity contribution < 1.29 is 9.53 Å². The molecule has 7 heteroatoms. The van der Waals surface area contributed by atoms with Gasteiger partial charge in [0, 0.05) is 31.2 Å². The third-order valence-corrected chi connectivity index (χ3v) is 4.56. The van der Waals surface area contributed by atoms with Crippen LogP contribution in [0.3, 0.4) is 0 Å². The highest BCUT2D eigenvalue weighted by atomic mass is 16.5. The molecule has 1 aliphatic carbocycles. The molecule has 0 aliphatic heterocycles. The van der Waals surface area contributed by atoms with Crippen molar-refractivity contribution in [3.8, 4) is 6.01 Å². The zero-order valence-electron chi connectivity index (χ0n) is 14.3. The lowest BCUT2D eigenvalue weighted by Gasteiger charge is -2.28. The maximum Gasteiger partial charge on any atom is 0.316 e. The quantitative estimate of drug-likeness (QED) is 0.927. The van der Waals surface area contributed by atoms with Gasteiger partial charge in [0.2, 0.25) is 0 Å². The molecule has 0 atom stereocenters. The Morgan fingerprint density at radius 1 is 1.21 bits per heavy atom. The van der Waals surface area contributed by atoms with Crippen LogP contribution in [0.4, 0.5) is 0 Å². The summed E-state index contributed by atoms with van der Waals surface area (Å²) in [5.41, 5.74) is 2.35. The molecule has 3 rings (SSSR count). The molecule has 1 N–H and O–H groups in total. The maximum absolute atomic E-state index is 12.5. The van der Waals surface area contributed by atoms with Crippen LogP contribution in [0, 0.1) is 13.8 Å². The topological polar surface area (TPSA) is 81.9 Å². The average Bonchev–Trinajstić information content (AvgIpc) is 2.83. The van der Waals surface area contributed by atoms with Gasteiger partial charge in [-0.1, -0.05) is 0 Å². The Kier molecular flexibility index (Phi) is 4.78. The number of amides is 1. The van der Waals surface area contributed by atoms with Crippen LogP contribution in [-0.2, 0) is 7.05 Å². The summed E-state index contributed by atoms with van der Waals surface area (Å²) in [5.74, 6) is -0.0335. The molecular formula is C17H23N5O2. The number of hydrogen-bond acceptors (Lipinski definition) is 5. The van der Waals surface area contributed by atoms with Gasteiger partial charge in [-0.15, -0.1) is 0 Å². The van der Waals surface area contributed by atoms with E-state index in [1.165, 1.54) is 0 Å². The zero-order valence-corrected chi connectivity index (χ0v) is 14.3. The molecule has 0 bridgehead atoms. The summed E-state index contributed by atoms with van der Waals surface area (Å²) in [6, 6.07) is 2.36. The van der Waals surface area contributed by atoms with Crippen molar-refractivity contribution in [3.05, 3.63) is 35.4 Å². The van der Waals surface area contributed by atoms with Crippen molar-refractivity contribution in [2.45, 2.75) is 51.7 Å². The lowest BCUT2D eigenvalue weighted by molar-refractivity contribution is 0.0884. The summed E-state index contributed by atoms with van der Waals surface area (Å²) in [6.45, 7) is 3.78. The van der Waals surface area contributed by atoms with Crippen LogP contribution in [0.15, 0.2) is 18.5 Å². The Balaban J connectivity index is 1.53. The summed E-state index contributed by atoms with van der Waals surface area (Å²) in [6.07, 6.45) is 7.01. The lowest BCUT2D eigenvalue weighted by Crippen LogP contribution is -2.40. The Hall–Kier alpha value is -2.44. The van der Waals surface area contributed by atoms with Crippen molar-refractivity contribution in [2.75, 3.05) is 0 Å². The molecule has 0 unspecified atom stereocenters. The van der Waals surface area contributed by atoms with Gasteiger partial charge in [0.15, 0.2) is 0 Å². The normalized spacial score (nSPS) is 20.6. The average molecular weight is 329 g/mol. The maximum atomic E-state index is 12.5. The van der Waals surface area contributed by atoms with Gasteiger partial charge in [0.25, 0.3) is 5.91 Å². The van der Waals surface area contributed by atoms with E-state index in [1.54, 1.807) is 23.1 Å². The molecule has 0 saturated heterocycles. The molecule has 24 heavy (non-hydrogen) atoms. The molecule has 0 aromatic carbocycles. The minimum atomic E-state index is -0.0335. The minimum absolute atomic E-state index is 0.0335. The third-order valence-electron chi connectivity index (χ3n) is 4.56. The Morgan fingerprint density at radius 3 is 2.46 bits per heavy atom. The van der Waals surface area contributed by atoms with Crippen molar-refractivity contribution in [1.29, 1.82) is 0 Å². The predicted octanol–water partition coefficient (Wildman–Crippen LogP) is 1.95. The molecule has 7 nitrogen and oxygen atoms in total. The molecule has 1 saturated carbocycles. The molecule has 0 radical (unpaired) electrons. The molecule has 1 amide bonds. The molecular weight excluding hydrogens is 306 g/mol. The van der Waals surface area contributed by atoms with Crippen LogP contribution in [0.25, 0.3) is 0 Å². The second kappa shape index (κ2) is 6.98. The number of carbonyl (C=O) groups excluding carboxylic acids is 1. The molecule has 2 heterocycles. The van der Waals surface area contributed by atoms with Gasteiger partial charge in [-0.3, -0.25) is 9.48 Å². The van der Waals surface area contributed by atoms with Gasteiger partial charge in [-0.05, 0) is 45.6 Å². The Labute approximate surface area is 141 Å². The van der Waals surface area contributed by atoms with E-state index < -0.39 is 0 Å². The van der Waals surface area contributed by atoms with E-state index in [0.717, 1.165) is 37.1 Å². The summed E-state index contributed by atoms with van der Waals surface area (Å²) >= 11 is 0. The Morgan fingerprint density at radius 2 is 1.88 bits per heavy atom. The first-order chi connectivity index (χ1) is 11.5. The minimum Gasteiger partial charge on any atom is -0.460 e. The van der Waals surface area contributed by atoms with Crippen molar-refractivity contribution in [2.24, 2.45) is 7.05 Å². The highest BCUT2D eigenvalue weighted by Crippen LogP contribution is 2.23. The van der Waals surface area contributed by atoms with Crippen molar-refractivity contribution >= 4 is 5.91 Å². The monoisotopic (exact) mass is 329 g/mol. The SMILES string of the molecule is Cc1nn(C)c(C)c1C(=O)NC1CCC(Oc2ncccn2)CC1. The molecule has 2 aromatic rings. The summed E-state index contributed by atoms with van der Waals surface area (Å²) in [5, 5.41) is 7.44. The lowest BCUT2D eigenvalue weighted by atomic mass is 9.92. The number of ether oxygens (including phenoxy) is 1. The van der Waals surface area contributed by atoms with Gasteiger partial charge >= 0.3 is 6.01 Å². The molecule has 128 valence electrons. The standard InChI is InChI=1S/C17H23N5O2/c1-11-15(12(2)22(3)21-11)16(23)20-13-5-7-14(8-6-13)24-17-18-9-4-10-19-17/h4,9-10,13-14H,5-8H2,1-3H3,(H,20,23). The van der Waals surface area contributed by atoms with Crippen molar-refractivity contribution in [1.82, 2.24) is 25.1 Å². The highest BCUT2D eigenvalue weighted by Gasteiger charge is 2.26. The van der Waals surface area contributed by atoms with Crippen LogP contribution in [0.1, 0.15) is 47.4 Å². The smallest absolute Gasteiger partial charge is 0.316 e. The van der Waals surface area contributed by atoms with E-state index in [2.05, 4.69) is 20.4 Å². The fourth-order valence-electron chi connectivity index (χ4n) is 3.18. The van der Waals surface area contributed by atoms with Crippen molar-refractivity contribution in [3.63, 3.8) is 0 Å². The van der Waals surface area contributed by atoms with Crippen LogP contribution in [0.2, 0.25) is 0 Å². The first-order valence-electron chi connectivity index (χ1n) is 8.29. The van der Waals surface area contributed by atoms with E-state index in [0.29, 0.717) is 11.6 Å². The number of aromatic nitrogens is 4. The van der Waals surface area contributed by atoms with Gasteiger partial charge in [0.05, 0.1) is 11.3 Å². The molecule has 2 aromatic heterocycles. The molecule has 1 fully saturated rings. The number of rotatable bonds is 4. The third kappa shape index (κ3) is 3.55. The second-order valence-electron chi connectivity index (χ2n) is 6.27. The number of nitrogens with zero attached hydrogens (tertiary/aromatic N) is 4. The van der Waals surface area contributed by atoms with Gasteiger partial charge < -0.3 is 10.1 Å². The number of aryl methyl sites for hydroxylation is 2. The molecule has 1 aliphatic rings. The predicted molar refractivity (Wildman–Crippen MR) is 88.9 cm³/mol. The van der Waals surface area contributed by atoms with Gasteiger partial charge in [-0.2, -0.15) is 5.10 Å². The van der Waals surface area contributed by atoms with E-state index in [-0.39, 0.29) is 18.1 Å². The Bertz CT molecular complexity index is 705. The van der Waals surface area contributed by atoms with E-state index in [9.17, 15) is 4.79 Å².